The van der Waals surface area contributed by atoms with Crippen molar-refractivity contribution < 1.29 is 34.4 Å². The van der Waals surface area contributed by atoms with E-state index >= 15 is 0 Å². The predicted molar refractivity (Wildman–Crippen MR) is 148 cm³/mol. The first-order valence-corrected chi connectivity index (χ1v) is 12.3. The number of phenols is 3. The van der Waals surface area contributed by atoms with Crippen LogP contribution in [0.2, 0.25) is 0 Å². The van der Waals surface area contributed by atoms with Gasteiger partial charge >= 0.3 is 5.97 Å². The normalized spacial score (nSPS) is 12.5. The Bertz CT molecular complexity index is 1580. The maximum absolute atomic E-state index is 13.4. The zero-order valence-electron chi connectivity index (χ0n) is 22.3. The average molecular weight is 541 g/mol. The van der Waals surface area contributed by atoms with Gasteiger partial charge in [0.2, 0.25) is 5.78 Å². The van der Waals surface area contributed by atoms with Gasteiger partial charge < -0.3 is 30.7 Å². The highest BCUT2D eigenvalue weighted by molar-refractivity contribution is 6.15. The highest BCUT2D eigenvalue weighted by atomic mass is 16.5. The molecule has 9 heteroatoms. The largest absolute Gasteiger partial charge is 0.508 e. The van der Waals surface area contributed by atoms with Gasteiger partial charge in [-0.1, -0.05) is 6.07 Å². The van der Waals surface area contributed by atoms with Crippen molar-refractivity contribution in [3.8, 4) is 17.2 Å². The Labute approximate surface area is 230 Å². The molecule has 0 saturated heterocycles. The van der Waals surface area contributed by atoms with Crippen molar-refractivity contribution in [2.45, 2.75) is 27.7 Å². The third kappa shape index (κ3) is 5.58. The van der Waals surface area contributed by atoms with Gasteiger partial charge in [-0.2, -0.15) is 0 Å². The highest BCUT2D eigenvalue weighted by Crippen LogP contribution is 2.34. The minimum atomic E-state index is -0.949. The van der Waals surface area contributed by atoms with E-state index in [4.69, 9.17) is 4.74 Å². The maximum atomic E-state index is 13.4. The lowest BCUT2D eigenvalue weighted by Gasteiger charge is -2.16. The molecule has 4 rings (SSSR count). The monoisotopic (exact) mass is 540 g/mol. The predicted octanol–water partition coefficient (Wildman–Crippen LogP) is 4.70. The van der Waals surface area contributed by atoms with E-state index in [1.165, 1.54) is 36.5 Å². The Balaban J connectivity index is 1.59. The fourth-order valence-corrected chi connectivity index (χ4v) is 4.28. The number of rotatable bonds is 6. The van der Waals surface area contributed by atoms with Crippen LogP contribution in [0.25, 0.3) is 0 Å². The Morgan fingerprint density at radius 1 is 0.800 bits per heavy atom. The van der Waals surface area contributed by atoms with Gasteiger partial charge in [0.25, 0.3) is 5.91 Å². The third-order valence-corrected chi connectivity index (χ3v) is 6.67. The number of allylic oxidation sites excluding steroid dienone is 2. The van der Waals surface area contributed by atoms with E-state index < -0.39 is 29.2 Å². The summed E-state index contributed by atoms with van der Waals surface area (Å²) in [6.07, 6.45) is 5.93. The fourth-order valence-electron chi connectivity index (χ4n) is 4.28. The lowest BCUT2D eigenvalue weighted by atomic mass is 9.88. The minimum absolute atomic E-state index is 0.00380. The first kappa shape index (κ1) is 27.7. The highest BCUT2D eigenvalue weighted by Gasteiger charge is 2.26. The molecular weight excluding hydrogens is 512 g/mol. The number of hydrogen-bond donors (Lipinski definition) is 5. The van der Waals surface area contributed by atoms with Crippen LogP contribution in [0, 0.1) is 27.7 Å². The van der Waals surface area contributed by atoms with Gasteiger partial charge in [-0.25, -0.2) is 4.79 Å². The molecule has 5 N–H and O–H groups in total. The van der Waals surface area contributed by atoms with Gasteiger partial charge in [-0.3, -0.25) is 9.59 Å². The van der Waals surface area contributed by atoms with Crippen molar-refractivity contribution in [1.82, 2.24) is 10.6 Å². The van der Waals surface area contributed by atoms with Crippen LogP contribution in [0.3, 0.4) is 0 Å². The number of carbonyl (C=O) groups is 3. The SMILES string of the molecule is Cc1cc(C)c(C)c(C(=O)c2c(O)cc(C(=O)OC3=CC=CNC=C3NC(=O)c3ccc(O)cc3)cc2O)c1C. The quantitative estimate of drug-likeness (QED) is 0.224. The molecule has 0 spiro atoms. The van der Waals surface area contributed by atoms with Crippen LogP contribution in [-0.4, -0.2) is 33.0 Å². The number of hydrogen-bond acceptors (Lipinski definition) is 8. The van der Waals surface area contributed by atoms with Crippen molar-refractivity contribution in [2.75, 3.05) is 0 Å². The summed E-state index contributed by atoms with van der Waals surface area (Å²) in [5, 5.41) is 36.4. The number of carbonyl (C=O) groups excluding carboxylic acids is 3. The molecular formula is C31H28N2O7. The van der Waals surface area contributed by atoms with E-state index in [1.807, 2.05) is 19.9 Å². The molecule has 1 aliphatic heterocycles. The summed E-state index contributed by atoms with van der Waals surface area (Å²) in [7, 11) is 0. The number of amides is 1. The topological polar surface area (TPSA) is 145 Å². The molecule has 204 valence electrons. The van der Waals surface area contributed by atoms with Crippen molar-refractivity contribution in [1.29, 1.82) is 0 Å². The molecule has 3 aromatic carbocycles. The summed E-state index contributed by atoms with van der Waals surface area (Å²) in [6.45, 7) is 7.34. The first-order chi connectivity index (χ1) is 19.0. The zero-order chi connectivity index (χ0) is 29.1. The summed E-state index contributed by atoms with van der Waals surface area (Å²) in [5.41, 5.74) is 3.46. The van der Waals surface area contributed by atoms with Gasteiger partial charge in [0.05, 0.1) is 5.56 Å². The summed E-state index contributed by atoms with van der Waals surface area (Å²) >= 11 is 0. The minimum Gasteiger partial charge on any atom is -0.508 e. The van der Waals surface area contributed by atoms with Crippen LogP contribution < -0.4 is 10.6 Å². The van der Waals surface area contributed by atoms with Gasteiger partial charge in [-0.15, -0.1) is 0 Å². The Hall–Kier alpha value is -5.31. The van der Waals surface area contributed by atoms with Gasteiger partial charge in [-0.05, 0) is 98.5 Å². The number of ether oxygens (including phenoxy) is 1. The smallest absolute Gasteiger partial charge is 0.343 e. The van der Waals surface area contributed by atoms with E-state index in [2.05, 4.69) is 10.6 Å². The molecule has 0 radical (unpaired) electrons. The summed E-state index contributed by atoms with van der Waals surface area (Å²) < 4.78 is 5.49. The Morgan fingerprint density at radius 3 is 2.00 bits per heavy atom. The van der Waals surface area contributed by atoms with E-state index in [0.717, 1.165) is 34.4 Å². The molecule has 0 aromatic heterocycles. The molecule has 0 unspecified atom stereocenters. The van der Waals surface area contributed by atoms with Crippen molar-refractivity contribution >= 4 is 17.7 Å². The molecule has 0 atom stereocenters. The molecule has 0 saturated carbocycles. The van der Waals surface area contributed by atoms with E-state index in [9.17, 15) is 29.7 Å². The van der Waals surface area contributed by atoms with E-state index in [0.29, 0.717) is 5.56 Å². The van der Waals surface area contributed by atoms with Gasteiger partial charge in [0.15, 0.2) is 5.76 Å². The number of phenolic OH excluding ortho intramolecular Hbond substituents is 3. The molecule has 3 aromatic rings. The summed E-state index contributed by atoms with van der Waals surface area (Å²) in [5.74, 6) is -3.23. The maximum Gasteiger partial charge on any atom is 0.343 e. The number of ketones is 1. The lowest BCUT2D eigenvalue weighted by molar-refractivity contribution is 0.0625. The van der Waals surface area contributed by atoms with Gasteiger partial charge in [0, 0.05) is 23.5 Å². The molecule has 40 heavy (non-hydrogen) atoms. The van der Waals surface area contributed by atoms with Crippen LogP contribution in [0.4, 0.5) is 0 Å². The molecule has 0 aliphatic carbocycles. The van der Waals surface area contributed by atoms with Crippen LogP contribution in [0.5, 0.6) is 17.2 Å². The van der Waals surface area contributed by atoms with Crippen molar-refractivity contribution in [3.05, 3.63) is 123 Å². The number of nitrogens with one attached hydrogen (secondary N) is 2. The zero-order valence-corrected chi connectivity index (χ0v) is 22.3. The molecule has 1 amide bonds. The second-order valence-electron chi connectivity index (χ2n) is 9.36. The third-order valence-electron chi connectivity index (χ3n) is 6.67. The first-order valence-electron chi connectivity index (χ1n) is 12.3. The summed E-state index contributed by atoms with van der Waals surface area (Å²) in [4.78, 5) is 39.2. The molecule has 1 heterocycles. The van der Waals surface area contributed by atoms with Crippen molar-refractivity contribution in [3.63, 3.8) is 0 Å². The number of aromatic hydroxyl groups is 3. The molecule has 1 aliphatic rings. The molecule has 0 bridgehead atoms. The van der Waals surface area contributed by atoms with Gasteiger partial charge in [0.1, 0.15) is 28.5 Å². The average Bonchev–Trinajstić information content (AvgIpc) is 3.12. The van der Waals surface area contributed by atoms with Crippen molar-refractivity contribution in [2.24, 2.45) is 0 Å². The van der Waals surface area contributed by atoms with E-state index in [-0.39, 0.29) is 33.9 Å². The number of benzene rings is 3. The second-order valence-corrected chi connectivity index (χ2v) is 9.36. The van der Waals surface area contributed by atoms with Crippen LogP contribution >= 0.6 is 0 Å². The number of aryl methyl sites for hydroxylation is 2. The lowest BCUT2D eigenvalue weighted by Crippen LogP contribution is -2.26. The molecule has 9 nitrogen and oxygen atoms in total. The van der Waals surface area contributed by atoms with E-state index in [1.54, 1.807) is 26.1 Å². The van der Waals surface area contributed by atoms with Crippen LogP contribution in [0.15, 0.2) is 78.5 Å². The summed E-state index contributed by atoms with van der Waals surface area (Å²) in [6, 6.07) is 9.64. The fraction of sp³-hybridized carbons (Fsp3) is 0.129. The second kappa shape index (κ2) is 11.2. The standard InChI is InChI=1S/C31H28N2O7/c1-16-12-17(2)19(4)27(18(16)3)29(37)28-24(35)13-21(14-25(28)36)31(39)40-26-6-5-11-32-15-23(26)33-30(38)20-7-9-22(34)10-8-20/h5-15,32,34-36H,1-4H3,(H,33,38). The number of esters is 1. The Morgan fingerprint density at radius 2 is 1.40 bits per heavy atom. The Kier molecular flexibility index (Phi) is 7.76. The van der Waals surface area contributed by atoms with Crippen LogP contribution in [-0.2, 0) is 4.74 Å². The molecule has 0 fully saturated rings. The van der Waals surface area contributed by atoms with Crippen LogP contribution in [0.1, 0.15) is 58.9 Å².